The molecule has 0 fully saturated rings. The lowest BCUT2D eigenvalue weighted by atomic mass is 10.2. The zero-order valence-corrected chi connectivity index (χ0v) is 11.1. The van der Waals surface area contributed by atoms with E-state index in [4.69, 9.17) is 14.7 Å². The molecule has 5 heteroatoms. The number of nitrogens with one attached hydrogen (secondary N) is 1. The largest absolute Gasteiger partial charge is 0.508 e. The van der Waals surface area contributed by atoms with Crippen molar-refractivity contribution in [3.8, 4) is 5.75 Å². The number of ether oxygens (including phenoxy) is 1. The fourth-order valence-electron chi connectivity index (χ4n) is 1.25. The van der Waals surface area contributed by atoms with Gasteiger partial charge in [-0.2, -0.15) is 0 Å². The van der Waals surface area contributed by atoms with Gasteiger partial charge in [0.1, 0.15) is 5.75 Å². The van der Waals surface area contributed by atoms with Crippen LogP contribution in [0.1, 0.15) is 25.8 Å². The molecule has 0 saturated carbocycles. The average molecular weight is 265 g/mol. The van der Waals surface area contributed by atoms with E-state index in [1.54, 1.807) is 37.3 Å². The third-order valence-corrected chi connectivity index (χ3v) is 2.20. The van der Waals surface area contributed by atoms with Gasteiger partial charge in [-0.3, -0.25) is 4.79 Å². The van der Waals surface area contributed by atoms with Crippen molar-refractivity contribution < 1.29 is 19.5 Å². The molecule has 0 saturated heterocycles. The standard InChI is InChI=1S/C14H19NO4/c1-3-10-18-11(2)19-15-14(17)9-6-12-4-7-13(16)8-5-12/h4-9,11,16H,3,10H2,1-2H3,(H,15,17)/b9-6+. The van der Waals surface area contributed by atoms with Crippen LogP contribution in [0.2, 0.25) is 0 Å². The third kappa shape index (κ3) is 6.59. The van der Waals surface area contributed by atoms with Crippen molar-refractivity contribution in [3.63, 3.8) is 0 Å². The van der Waals surface area contributed by atoms with Crippen LogP contribution in [0.5, 0.6) is 5.75 Å². The van der Waals surface area contributed by atoms with Gasteiger partial charge in [0.2, 0.25) is 0 Å². The maximum atomic E-state index is 11.4. The molecule has 0 spiro atoms. The fraction of sp³-hybridized carbons (Fsp3) is 0.357. The second-order valence-corrected chi connectivity index (χ2v) is 3.95. The van der Waals surface area contributed by atoms with E-state index in [1.807, 2.05) is 6.92 Å². The van der Waals surface area contributed by atoms with Gasteiger partial charge in [0.05, 0.1) is 0 Å². The summed E-state index contributed by atoms with van der Waals surface area (Å²) in [6.07, 6.45) is 3.38. The van der Waals surface area contributed by atoms with E-state index in [2.05, 4.69) is 5.48 Å². The predicted molar refractivity (Wildman–Crippen MR) is 72.1 cm³/mol. The van der Waals surface area contributed by atoms with E-state index in [9.17, 15) is 4.79 Å². The number of amides is 1. The molecular weight excluding hydrogens is 246 g/mol. The summed E-state index contributed by atoms with van der Waals surface area (Å²) in [5.74, 6) is -0.188. The Balaban J connectivity index is 2.32. The zero-order valence-electron chi connectivity index (χ0n) is 11.1. The third-order valence-electron chi connectivity index (χ3n) is 2.20. The highest BCUT2D eigenvalue weighted by Gasteiger charge is 2.03. The van der Waals surface area contributed by atoms with Crippen LogP contribution in [0.4, 0.5) is 0 Å². The quantitative estimate of drug-likeness (QED) is 0.450. The normalized spacial score (nSPS) is 12.5. The number of benzene rings is 1. The summed E-state index contributed by atoms with van der Waals surface area (Å²) < 4.78 is 5.23. The minimum atomic E-state index is -0.481. The molecule has 19 heavy (non-hydrogen) atoms. The zero-order chi connectivity index (χ0) is 14.1. The van der Waals surface area contributed by atoms with Crippen LogP contribution in [0.25, 0.3) is 6.08 Å². The molecule has 0 aromatic heterocycles. The number of hydroxylamine groups is 1. The van der Waals surface area contributed by atoms with Gasteiger partial charge in [-0.05, 0) is 37.1 Å². The number of aromatic hydroxyl groups is 1. The molecule has 5 nitrogen and oxygen atoms in total. The van der Waals surface area contributed by atoms with Gasteiger partial charge in [0.25, 0.3) is 5.91 Å². The predicted octanol–water partition coefficient (Wildman–Crippen LogP) is 2.23. The maximum Gasteiger partial charge on any atom is 0.267 e. The number of phenols is 1. The van der Waals surface area contributed by atoms with E-state index < -0.39 is 6.29 Å². The van der Waals surface area contributed by atoms with Crippen molar-refractivity contribution in [2.45, 2.75) is 26.6 Å². The number of phenolic OH excluding ortho intramolecular Hbond substituents is 1. The maximum absolute atomic E-state index is 11.4. The SMILES string of the molecule is CCCOC(C)ONC(=O)/C=C/c1ccc(O)cc1. The van der Waals surface area contributed by atoms with Gasteiger partial charge in [-0.1, -0.05) is 19.1 Å². The number of rotatable bonds is 7. The molecule has 1 atom stereocenters. The summed E-state index contributed by atoms with van der Waals surface area (Å²) in [5.41, 5.74) is 3.08. The Bertz CT molecular complexity index is 414. The van der Waals surface area contributed by atoms with Crippen LogP contribution in [0.3, 0.4) is 0 Å². The lowest BCUT2D eigenvalue weighted by Gasteiger charge is -2.12. The van der Waals surface area contributed by atoms with E-state index >= 15 is 0 Å². The van der Waals surface area contributed by atoms with Crippen LogP contribution < -0.4 is 5.48 Å². The lowest BCUT2D eigenvalue weighted by Crippen LogP contribution is -2.28. The average Bonchev–Trinajstić information content (AvgIpc) is 2.42. The Morgan fingerprint density at radius 2 is 2.11 bits per heavy atom. The number of carbonyl (C=O) groups is 1. The highest BCUT2D eigenvalue weighted by molar-refractivity contribution is 5.90. The molecule has 0 radical (unpaired) electrons. The summed E-state index contributed by atoms with van der Waals surface area (Å²) in [6.45, 7) is 4.28. The van der Waals surface area contributed by atoms with E-state index in [1.165, 1.54) is 6.08 Å². The summed E-state index contributed by atoms with van der Waals surface area (Å²) in [6, 6.07) is 6.50. The molecule has 0 bridgehead atoms. The van der Waals surface area contributed by atoms with Gasteiger partial charge in [0, 0.05) is 12.7 Å². The number of hydrogen-bond acceptors (Lipinski definition) is 4. The smallest absolute Gasteiger partial charge is 0.267 e. The van der Waals surface area contributed by atoms with Crippen molar-refractivity contribution in [1.29, 1.82) is 0 Å². The van der Waals surface area contributed by atoms with Crippen LogP contribution in [0, 0.1) is 0 Å². The summed E-state index contributed by atoms with van der Waals surface area (Å²) in [5, 5.41) is 9.11. The van der Waals surface area contributed by atoms with Gasteiger partial charge in [-0.25, -0.2) is 10.3 Å². The first-order chi connectivity index (χ1) is 9.11. The molecule has 1 aromatic rings. The van der Waals surface area contributed by atoms with Crippen LogP contribution in [-0.4, -0.2) is 23.9 Å². The number of hydrogen-bond donors (Lipinski definition) is 2. The molecule has 0 aliphatic carbocycles. The first kappa shape index (κ1) is 15.2. The Labute approximate surface area is 112 Å². The van der Waals surface area contributed by atoms with E-state index in [-0.39, 0.29) is 11.7 Å². The van der Waals surface area contributed by atoms with Crippen LogP contribution >= 0.6 is 0 Å². The van der Waals surface area contributed by atoms with Gasteiger partial charge in [-0.15, -0.1) is 0 Å². The van der Waals surface area contributed by atoms with Gasteiger partial charge >= 0.3 is 0 Å². The van der Waals surface area contributed by atoms with Crippen molar-refractivity contribution in [2.24, 2.45) is 0 Å². The summed E-state index contributed by atoms with van der Waals surface area (Å²) in [7, 11) is 0. The van der Waals surface area contributed by atoms with Crippen LogP contribution in [0.15, 0.2) is 30.3 Å². The second-order valence-electron chi connectivity index (χ2n) is 3.95. The molecule has 0 aliphatic heterocycles. The fourth-order valence-corrected chi connectivity index (χ4v) is 1.25. The van der Waals surface area contributed by atoms with Crippen molar-refractivity contribution in [3.05, 3.63) is 35.9 Å². The highest BCUT2D eigenvalue weighted by atomic mass is 16.8. The van der Waals surface area contributed by atoms with E-state index in [0.717, 1.165) is 12.0 Å². The molecular formula is C14H19NO4. The monoisotopic (exact) mass is 265 g/mol. The summed E-state index contributed by atoms with van der Waals surface area (Å²) in [4.78, 5) is 16.4. The number of carbonyl (C=O) groups excluding carboxylic acids is 1. The first-order valence-electron chi connectivity index (χ1n) is 6.16. The molecule has 2 N–H and O–H groups in total. The molecule has 0 heterocycles. The van der Waals surface area contributed by atoms with Gasteiger partial charge < -0.3 is 9.84 Å². The minimum Gasteiger partial charge on any atom is -0.508 e. The molecule has 1 unspecified atom stereocenters. The van der Waals surface area contributed by atoms with Gasteiger partial charge in [0.15, 0.2) is 6.29 Å². The Hall–Kier alpha value is -1.85. The molecule has 1 rings (SSSR count). The summed E-state index contributed by atoms with van der Waals surface area (Å²) >= 11 is 0. The highest BCUT2D eigenvalue weighted by Crippen LogP contribution is 2.10. The topological polar surface area (TPSA) is 67.8 Å². The van der Waals surface area contributed by atoms with Crippen molar-refractivity contribution in [2.75, 3.05) is 6.61 Å². The molecule has 104 valence electrons. The van der Waals surface area contributed by atoms with E-state index in [0.29, 0.717) is 6.61 Å². The lowest BCUT2D eigenvalue weighted by molar-refractivity contribution is -0.177. The molecule has 1 aromatic carbocycles. The van der Waals surface area contributed by atoms with Crippen molar-refractivity contribution in [1.82, 2.24) is 5.48 Å². The van der Waals surface area contributed by atoms with Crippen molar-refractivity contribution >= 4 is 12.0 Å². The Morgan fingerprint density at radius 1 is 1.42 bits per heavy atom. The minimum absolute atomic E-state index is 0.187. The molecule has 1 amide bonds. The molecule has 0 aliphatic rings. The first-order valence-corrected chi connectivity index (χ1v) is 6.16. The second kappa shape index (κ2) is 8.29. The Morgan fingerprint density at radius 3 is 2.74 bits per heavy atom. The Kier molecular flexibility index (Phi) is 6.63. The van der Waals surface area contributed by atoms with Crippen LogP contribution in [-0.2, 0) is 14.4 Å².